The second-order valence-electron chi connectivity index (χ2n) is 7.47. The van der Waals surface area contributed by atoms with Gasteiger partial charge in [-0.2, -0.15) is 0 Å². The van der Waals surface area contributed by atoms with Gasteiger partial charge in [-0.1, -0.05) is 31.1 Å². The Bertz CT molecular complexity index is 809. The van der Waals surface area contributed by atoms with E-state index in [9.17, 15) is 0 Å². The highest BCUT2D eigenvalue weighted by Crippen LogP contribution is 2.16. The summed E-state index contributed by atoms with van der Waals surface area (Å²) in [4.78, 5) is 6.70. The van der Waals surface area contributed by atoms with Gasteiger partial charge in [0.05, 0.1) is 18.9 Å². The van der Waals surface area contributed by atoms with Crippen LogP contribution in [0.2, 0.25) is 0 Å². The van der Waals surface area contributed by atoms with Crippen LogP contribution in [0.15, 0.2) is 33.8 Å². The molecule has 1 fully saturated rings. The molecule has 0 unspecified atom stereocenters. The molecular formula is C23H35N5O3. The fourth-order valence-corrected chi connectivity index (χ4v) is 3.58. The van der Waals surface area contributed by atoms with Crippen LogP contribution >= 0.6 is 0 Å². The second-order valence-corrected chi connectivity index (χ2v) is 7.47. The van der Waals surface area contributed by atoms with Crippen LogP contribution in [0.25, 0.3) is 0 Å². The van der Waals surface area contributed by atoms with Gasteiger partial charge in [-0.15, -0.1) is 0 Å². The van der Waals surface area contributed by atoms with E-state index >= 15 is 0 Å². The van der Waals surface area contributed by atoms with Crippen molar-refractivity contribution in [3.05, 3.63) is 46.8 Å². The third-order valence-electron chi connectivity index (χ3n) is 5.40. The minimum atomic E-state index is 0.639. The Kier molecular flexibility index (Phi) is 9.17. The molecule has 2 aromatic rings. The smallest absolute Gasteiger partial charge is 0.191 e. The number of nitrogens with one attached hydrogen (secondary N) is 2. The van der Waals surface area contributed by atoms with Gasteiger partial charge < -0.3 is 24.6 Å². The molecule has 170 valence electrons. The lowest BCUT2D eigenvalue weighted by molar-refractivity contribution is 0.0322. The molecule has 0 atom stereocenters. The van der Waals surface area contributed by atoms with Crippen LogP contribution in [0.5, 0.6) is 5.75 Å². The van der Waals surface area contributed by atoms with E-state index in [1.165, 1.54) is 0 Å². The molecule has 3 rings (SSSR count). The Morgan fingerprint density at radius 2 is 1.97 bits per heavy atom. The summed E-state index contributed by atoms with van der Waals surface area (Å²) in [7, 11) is 1.77. The molecule has 0 radical (unpaired) electrons. The number of aromatic nitrogens is 1. The van der Waals surface area contributed by atoms with Gasteiger partial charge in [0.15, 0.2) is 5.96 Å². The Hall–Kier alpha value is -2.58. The van der Waals surface area contributed by atoms with Crippen molar-refractivity contribution in [1.29, 1.82) is 0 Å². The Labute approximate surface area is 185 Å². The topological polar surface area (TPSA) is 84.2 Å². The van der Waals surface area contributed by atoms with Crippen LogP contribution in [-0.2, 0) is 30.7 Å². The molecule has 8 nitrogen and oxygen atoms in total. The summed E-state index contributed by atoms with van der Waals surface area (Å²) in [5.41, 5.74) is 3.27. The maximum atomic E-state index is 5.96. The standard InChI is InChI=1S/C23H35N5O3/c1-4-21-20(22(5-2)31-27-21)17-26-23(24-3)25-16-18-7-6-8-19(15-18)30-14-11-28-9-12-29-13-10-28/h6-8,15H,4-5,9-14,16-17H2,1-3H3,(H2,24,25,26). The number of nitrogens with zero attached hydrogens (tertiary/aromatic N) is 3. The minimum Gasteiger partial charge on any atom is -0.492 e. The van der Waals surface area contributed by atoms with E-state index in [1.54, 1.807) is 7.05 Å². The van der Waals surface area contributed by atoms with E-state index < -0.39 is 0 Å². The zero-order valence-electron chi connectivity index (χ0n) is 18.9. The molecule has 1 aromatic carbocycles. The zero-order chi connectivity index (χ0) is 21.9. The number of morpholine rings is 1. The lowest BCUT2D eigenvalue weighted by atomic mass is 10.1. The molecule has 2 heterocycles. The molecule has 8 heteroatoms. The van der Waals surface area contributed by atoms with Gasteiger partial charge in [0.25, 0.3) is 0 Å². The highest BCUT2D eigenvalue weighted by atomic mass is 16.5. The molecule has 0 spiro atoms. The van der Waals surface area contributed by atoms with Crippen molar-refractivity contribution in [2.45, 2.75) is 39.8 Å². The number of aryl methyl sites for hydroxylation is 2. The first-order valence-electron chi connectivity index (χ1n) is 11.2. The Morgan fingerprint density at radius 3 is 2.71 bits per heavy atom. The van der Waals surface area contributed by atoms with Gasteiger partial charge in [-0.3, -0.25) is 9.89 Å². The molecule has 0 amide bonds. The van der Waals surface area contributed by atoms with Gasteiger partial charge in [0, 0.05) is 51.8 Å². The van der Waals surface area contributed by atoms with E-state index in [1.807, 2.05) is 12.1 Å². The molecule has 1 aliphatic heterocycles. The number of hydrogen-bond donors (Lipinski definition) is 2. The monoisotopic (exact) mass is 429 g/mol. The first kappa shape index (κ1) is 23.1. The summed E-state index contributed by atoms with van der Waals surface area (Å²) >= 11 is 0. The number of aliphatic imine (C=N–C) groups is 1. The summed E-state index contributed by atoms with van der Waals surface area (Å²) in [6.45, 7) is 10.6. The van der Waals surface area contributed by atoms with E-state index in [-0.39, 0.29) is 0 Å². The lowest BCUT2D eigenvalue weighted by Gasteiger charge is -2.26. The van der Waals surface area contributed by atoms with Gasteiger partial charge in [-0.05, 0) is 24.1 Å². The van der Waals surface area contributed by atoms with Crippen molar-refractivity contribution >= 4 is 5.96 Å². The molecular weight excluding hydrogens is 394 g/mol. The Balaban J connectivity index is 1.46. The molecule has 0 saturated carbocycles. The molecule has 1 aromatic heterocycles. The minimum absolute atomic E-state index is 0.639. The molecule has 0 aliphatic carbocycles. The highest BCUT2D eigenvalue weighted by molar-refractivity contribution is 5.79. The summed E-state index contributed by atoms with van der Waals surface area (Å²) in [6.07, 6.45) is 1.68. The number of rotatable bonds is 10. The Morgan fingerprint density at radius 1 is 1.16 bits per heavy atom. The van der Waals surface area contributed by atoms with Crippen molar-refractivity contribution < 1.29 is 14.0 Å². The van der Waals surface area contributed by atoms with Crippen LogP contribution in [0, 0.1) is 0 Å². The molecule has 2 N–H and O–H groups in total. The molecule has 1 saturated heterocycles. The molecule has 31 heavy (non-hydrogen) atoms. The summed E-state index contributed by atoms with van der Waals surface area (Å²) in [5.74, 6) is 2.56. The SMILES string of the molecule is CCc1noc(CC)c1CNC(=NC)NCc1cccc(OCCN2CCOCC2)c1. The lowest BCUT2D eigenvalue weighted by Crippen LogP contribution is -2.38. The number of benzene rings is 1. The zero-order valence-corrected chi connectivity index (χ0v) is 18.9. The second kappa shape index (κ2) is 12.3. The van der Waals surface area contributed by atoms with Gasteiger partial charge in [0.2, 0.25) is 0 Å². The third kappa shape index (κ3) is 6.97. The fourth-order valence-electron chi connectivity index (χ4n) is 3.58. The maximum absolute atomic E-state index is 5.96. The van der Waals surface area contributed by atoms with Crippen LogP contribution in [0.1, 0.15) is 36.4 Å². The average Bonchev–Trinajstić information content (AvgIpc) is 3.22. The van der Waals surface area contributed by atoms with E-state index in [4.69, 9.17) is 14.0 Å². The average molecular weight is 430 g/mol. The fraction of sp³-hybridized carbons (Fsp3) is 0.565. The summed E-state index contributed by atoms with van der Waals surface area (Å²) < 4.78 is 16.8. The number of guanidine groups is 1. The number of ether oxygens (including phenoxy) is 2. The van der Waals surface area contributed by atoms with Crippen molar-refractivity contribution in [2.75, 3.05) is 46.5 Å². The van der Waals surface area contributed by atoms with Gasteiger partial charge in [-0.25, -0.2) is 0 Å². The van der Waals surface area contributed by atoms with Crippen LogP contribution in [0.4, 0.5) is 0 Å². The highest BCUT2D eigenvalue weighted by Gasteiger charge is 2.14. The van der Waals surface area contributed by atoms with Gasteiger partial charge in [0.1, 0.15) is 18.1 Å². The number of hydrogen-bond acceptors (Lipinski definition) is 6. The van der Waals surface area contributed by atoms with Gasteiger partial charge >= 0.3 is 0 Å². The van der Waals surface area contributed by atoms with Crippen molar-refractivity contribution in [1.82, 2.24) is 20.7 Å². The predicted octanol–water partition coefficient (Wildman–Crippen LogP) is 2.38. The maximum Gasteiger partial charge on any atom is 0.191 e. The van der Waals surface area contributed by atoms with Crippen molar-refractivity contribution in [3.63, 3.8) is 0 Å². The first-order valence-corrected chi connectivity index (χ1v) is 11.2. The normalized spacial score (nSPS) is 15.1. The van der Waals surface area contributed by atoms with Crippen LogP contribution < -0.4 is 15.4 Å². The van der Waals surface area contributed by atoms with Crippen LogP contribution in [-0.4, -0.2) is 62.5 Å². The van der Waals surface area contributed by atoms with E-state index in [2.05, 4.69) is 51.7 Å². The van der Waals surface area contributed by atoms with E-state index in [0.29, 0.717) is 19.7 Å². The first-order chi connectivity index (χ1) is 15.2. The van der Waals surface area contributed by atoms with Crippen molar-refractivity contribution in [2.24, 2.45) is 4.99 Å². The quantitative estimate of drug-likeness (QED) is 0.443. The molecule has 0 bridgehead atoms. The van der Waals surface area contributed by atoms with Crippen LogP contribution in [0.3, 0.4) is 0 Å². The largest absolute Gasteiger partial charge is 0.492 e. The summed E-state index contributed by atoms with van der Waals surface area (Å²) in [6, 6.07) is 8.18. The van der Waals surface area contributed by atoms with E-state index in [0.717, 1.165) is 80.0 Å². The van der Waals surface area contributed by atoms with Crippen molar-refractivity contribution in [3.8, 4) is 5.75 Å². The third-order valence-corrected chi connectivity index (χ3v) is 5.40. The molecule has 1 aliphatic rings. The summed E-state index contributed by atoms with van der Waals surface area (Å²) in [5, 5.41) is 10.9. The predicted molar refractivity (Wildman–Crippen MR) is 121 cm³/mol.